The van der Waals surface area contributed by atoms with Gasteiger partial charge in [-0.25, -0.2) is 0 Å². The molecule has 2 nitrogen and oxygen atoms in total. The fourth-order valence-electron chi connectivity index (χ4n) is 3.36. The molecular weight excluding hydrogens is 172 g/mol. The average Bonchev–Trinajstić information content (AvgIpc) is 2.15. The van der Waals surface area contributed by atoms with Gasteiger partial charge in [-0.3, -0.25) is 4.90 Å². The summed E-state index contributed by atoms with van der Waals surface area (Å²) in [7, 11) is 0. The lowest BCUT2D eigenvalue weighted by Crippen LogP contribution is -2.66. The van der Waals surface area contributed by atoms with Gasteiger partial charge >= 0.3 is 0 Å². The summed E-state index contributed by atoms with van der Waals surface area (Å²) in [5, 5.41) is 0. The van der Waals surface area contributed by atoms with Gasteiger partial charge in [-0.15, -0.1) is 0 Å². The molecule has 2 fully saturated rings. The molecular formula is C12H24N2. The van der Waals surface area contributed by atoms with Crippen molar-refractivity contribution in [2.24, 2.45) is 17.6 Å². The van der Waals surface area contributed by atoms with E-state index in [-0.39, 0.29) is 0 Å². The summed E-state index contributed by atoms with van der Waals surface area (Å²) in [5.74, 6) is 1.70. The van der Waals surface area contributed by atoms with Crippen molar-refractivity contribution in [2.75, 3.05) is 19.6 Å². The quantitative estimate of drug-likeness (QED) is 0.730. The minimum absolute atomic E-state index is 0.366. The first-order valence-corrected chi connectivity index (χ1v) is 6.14. The normalized spacial score (nSPS) is 40.9. The third kappa shape index (κ3) is 1.49. The summed E-state index contributed by atoms with van der Waals surface area (Å²) < 4.78 is 0. The lowest BCUT2D eigenvalue weighted by Gasteiger charge is -2.56. The van der Waals surface area contributed by atoms with E-state index in [2.05, 4.69) is 18.7 Å². The molecule has 82 valence electrons. The molecule has 2 unspecified atom stereocenters. The van der Waals surface area contributed by atoms with Crippen LogP contribution in [0.4, 0.5) is 0 Å². The molecule has 0 amide bonds. The van der Waals surface area contributed by atoms with Crippen LogP contribution >= 0.6 is 0 Å². The maximum absolute atomic E-state index is 6.04. The Labute approximate surface area is 87.8 Å². The molecule has 0 bridgehead atoms. The van der Waals surface area contributed by atoms with Crippen molar-refractivity contribution in [3.63, 3.8) is 0 Å². The van der Waals surface area contributed by atoms with Crippen molar-refractivity contribution in [2.45, 2.75) is 45.1 Å². The molecule has 0 aromatic rings. The average molecular weight is 196 g/mol. The molecule has 0 aromatic carbocycles. The highest BCUT2D eigenvalue weighted by Crippen LogP contribution is 2.40. The molecule has 2 atom stereocenters. The van der Waals surface area contributed by atoms with Crippen molar-refractivity contribution < 1.29 is 0 Å². The van der Waals surface area contributed by atoms with Crippen LogP contribution in [-0.4, -0.2) is 30.1 Å². The van der Waals surface area contributed by atoms with Gasteiger partial charge in [0.05, 0.1) is 0 Å². The summed E-state index contributed by atoms with van der Waals surface area (Å²) >= 11 is 0. The number of nitrogens with two attached hydrogens (primary N) is 1. The predicted octanol–water partition coefficient (Wildman–Crippen LogP) is 1.85. The molecule has 1 heterocycles. The Morgan fingerprint density at radius 1 is 1.29 bits per heavy atom. The zero-order chi connectivity index (χ0) is 10.2. The Kier molecular flexibility index (Phi) is 2.85. The van der Waals surface area contributed by atoms with E-state index in [9.17, 15) is 0 Å². The fraction of sp³-hybridized carbons (Fsp3) is 1.00. The topological polar surface area (TPSA) is 29.3 Å². The molecule has 1 saturated heterocycles. The van der Waals surface area contributed by atoms with Crippen molar-refractivity contribution in [3.05, 3.63) is 0 Å². The molecule has 1 aliphatic heterocycles. The maximum Gasteiger partial charge on any atom is 0.0357 e. The van der Waals surface area contributed by atoms with Crippen LogP contribution in [0.1, 0.15) is 39.5 Å². The first-order valence-electron chi connectivity index (χ1n) is 6.14. The van der Waals surface area contributed by atoms with Crippen LogP contribution in [-0.2, 0) is 0 Å². The van der Waals surface area contributed by atoms with Gasteiger partial charge in [0.1, 0.15) is 0 Å². The minimum Gasteiger partial charge on any atom is -0.329 e. The lowest BCUT2D eigenvalue weighted by molar-refractivity contribution is -0.0560. The first kappa shape index (κ1) is 10.4. The maximum atomic E-state index is 6.04. The molecule has 1 saturated carbocycles. The second kappa shape index (κ2) is 3.82. The SMILES string of the molecule is CC1CN(C2(CN)CCCCC2C)C1. The molecule has 2 rings (SSSR count). The summed E-state index contributed by atoms with van der Waals surface area (Å²) in [6.07, 6.45) is 5.50. The van der Waals surface area contributed by atoms with Gasteiger partial charge in [0, 0.05) is 25.2 Å². The van der Waals surface area contributed by atoms with Crippen LogP contribution in [0.5, 0.6) is 0 Å². The van der Waals surface area contributed by atoms with Crippen LogP contribution in [0.15, 0.2) is 0 Å². The number of rotatable bonds is 2. The van der Waals surface area contributed by atoms with E-state index >= 15 is 0 Å². The van der Waals surface area contributed by atoms with E-state index in [0.29, 0.717) is 5.54 Å². The van der Waals surface area contributed by atoms with E-state index in [1.54, 1.807) is 0 Å². The minimum atomic E-state index is 0.366. The number of likely N-dealkylation sites (tertiary alicyclic amines) is 1. The third-order valence-electron chi connectivity index (χ3n) is 4.46. The molecule has 2 aliphatic rings. The predicted molar refractivity (Wildman–Crippen MR) is 60.2 cm³/mol. The Bertz CT molecular complexity index is 198. The first-order chi connectivity index (χ1) is 6.69. The van der Waals surface area contributed by atoms with Gasteiger partial charge in [-0.2, -0.15) is 0 Å². The number of hydrogen-bond donors (Lipinski definition) is 1. The summed E-state index contributed by atoms with van der Waals surface area (Å²) in [6.45, 7) is 8.16. The van der Waals surface area contributed by atoms with Gasteiger partial charge in [-0.05, 0) is 24.7 Å². The lowest BCUT2D eigenvalue weighted by atomic mass is 9.70. The van der Waals surface area contributed by atoms with E-state index in [4.69, 9.17) is 5.73 Å². The van der Waals surface area contributed by atoms with E-state index in [0.717, 1.165) is 18.4 Å². The van der Waals surface area contributed by atoms with Gasteiger partial charge in [0.25, 0.3) is 0 Å². The Hall–Kier alpha value is -0.0800. The van der Waals surface area contributed by atoms with Crippen molar-refractivity contribution in [1.29, 1.82) is 0 Å². The standard InChI is InChI=1S/C12H24N2/c1-10-7-14(8-10)12(9-13)6-4-3-5-11(12)2/h10-11H,3-9,13H2,1-2H3. The zero-order valence-electron chi connectivity index (χ0n) is 9.63. The van der Waals surface area contributed by atoms with E-state index in [1.807, 2.05) is 0 Å². The van der Waals surface area contributed by atoms with Crippen LogP contribution < -0.4 is 5.73 Å². The number of hydrogen-bond acceptors (Lipinski definition) is 2. The Morgan fingerprint density at radius 3 is 2.50 bits per heavy atom. The zero-order valence-corrected chi connectivity index (χ0v) is 9.63. The summed E-state index contributed by atoms with van der Waals surface area (Å²) in [4.78, 5) is 2.65. The molecule has 0 spiro atoms. The largest absolute Gasteiger partial charge is 0.329 e. The molecule has 2 heteroatoms. The highest BCUT2D eigenvalue weighted by atomic mass is 15.3. The second-order valence-corrected chi connectivity index (χ2v) is 5.46. The van der Waals surface area contributed by atoms with Crippen LogP contribution in [0, 0.1) is 11.8 Å². The fourth-order valence-corrected chi connectivity index (χ4v) is 3.36. The van der Waals surface area contributed by atoms with Gasteiger partial charge < -0.3 is 5.73 Å². The van der Waals surface area contributed by atoms with Gasteiger partial charge in [-0.1, -0.05) is 26.7 Å². The Morgan fingerprint density at radius 2 is 2.00 bits per heavy atom. The molecule has 0 aromatic heterocycles. The molecule has 14 heavy (non-hydrogen) atoms. The van der Waals surface area contributed by atoms with E-state index < -0.39 is 0 Å². The van der Waals surface area contributed by atoms with Gasteiger partial charge in [0.15, 0.2) is 0 Å². The van der Waals surface area contributed by atoms with Crippen molar-refractivity contribution in [1.82, 2.24) is 4.90 Å². The molecule has 2 N–H and O–H groups in total. The van der Waals surface area contributed by atoms with Crippen LogP contribution in [0.2, 0.25) is 0 Å². The highest BCUT2D eigenvalue weighted by Gasteiger charge is 2.45. The summed E-state index contributed by atoms with van der Waals surface area (Å²) in [6, 6.07) is 0. The Balaban J connectivity index is 2.07. The van der Waals surface area contributed by atoms with E-state index in [1.165, 1.54) is 38.8 Å². The van der Waals surface area contributed by atoms with Crippen molar-refractivity contribution >= 4 is 0 Å². The number of nitrogens with zero attached hydrogens (tertiary/aromatic N) is 1. The third-order valence-corrected chi connectivity index (χ3v) is 4.46. The smallest absolute Gasteiger partial charge is 0.0357 e. The monoisotopic (exact) mass is 196 g/mol. The summed E-state index contributed by atoms with van der Waals surface area (Å²) in [5.41, 5.74) is 6.41. The van der Waals surface area contributed by atoms with Crippen LogP contribution in [0.25, 0.3) is 0 Å². The highest BCUT2D eigenvalue weighted by molar-refractivity contribution is 5.02. The van der Waals surface area contributed by atoms with Crippen LogP contribution in [0.3, 0.4) is 0 Å². The second-order valence-electron chi connectivity index (χ2n) is 5.46. The molecule has 1 aliphatic carbocycles. The van der Waals surface area contributed by atoms with Crippen molar-refractivity contribution in [3.8, 4) is 0 Å². The van der Waals surface area contributed by atoms with Gasteiger partial charge in [0.2, 0.25) is 0 Å². The molecule has 0 radical (unpaired) electrons.